The molecule has 3 atom stereocenters. The highest BCUT2D eigenvalue weighted by atomic mass is 16.5. The van der Waals surface area contributed by atoms with Gasteiger partial charge in [0.2, 0.25) is 5.91 Å². The fourth-order valence-corrected chi connectivity index (χ4v) is 2.28. The number of amides is 1. The molecule has 6 heteroatoms. The van der Waals surface area contributed by atoms with E-state index in [1.165, 1.54) is 0 Å². The third-order valence-electron chi connectivity index (χ3n) is 3.71. The predicted molar refractivity (Wildman–Crippen MR) is 75.3 cm³/mol. The Bertz CT molecular complexity index is 557. The van der Waals surface area contributed by atoms with Gasteiger partial charge in [0.1, 0.15) is 0 Å². The third-order valence-corrected chi connectivity index (χ3v) is 3.71. The molecular formula is C15H19NO5. The number of carboxylic acid groups (broad SMARTS) is 1. The van der Waals surface area contributed by atoms with Gasteiger partial charge in [-0.25, -0.2) is 0 Å². The first-order chi connectivity index (χ1) is 9.97. The molecule has 1 aliphatic carbocycles. The van der Waals surface area contributed by atoms with Crippen molar-refractivity contribution in [1.29, 1.82) is 0 Å². The predicted octanol–water partition coefficient (Wildman–Crippen LogP) is 1.60. The van der Waals surface area contributed by atoms with Crippen molar-refractivity contribution in [2.75, 3.05) is 14.2 Å². The number of carbonyl (C=O) groups is 2. The smallest absolute Gasteiger partial charge is 0.307 e. The first-order valence-corrected chi connectivity index (χ1v) is 6.73. The molecule has 6 nitrogen and oxygen atoms in total. The van der Waals surface area contributed by atoms with E-state index in [0.717, 1.165) is 5.56 Å². The summed E-state index contributed by atoms with van der Waals surface area (Å²) in [6.07, 6.45) is 0.416. The number of ether oxygens (including phenoxy) is 2. The summed E-state index contributed by atoms with van der Waals surface area (Å²) in [6, 6.07) is 5.18. The van der Waals surface area contributed by atoms with E-state index < -0.39 is 17.8 Å². The number of hydrogen-bond acceptors (Lipinski definition) is 4. The Morgan fingerprint density at radius 3 is 2.43 bits per heavy atom. The first-order valence-electron chi connectivity index (χ1n) is 6.73. The van der Waals surface area contributed by atoms with Crippen molar-refractivity contribution in [3.8, 4) is 11.5 Å². The lowest BCUT2D eigenvalue weighted by Crippen LogP contribution is -2.29. The maximum absolute atomic E-state index is 12.0. The van der Waals surface area contributed by atoms with Crippen LogP contribution in [-0.2, 0) is 9.59 Å². The molecule has 0 radical (unpaired) electrons. The quantitative estimate of drug-likeness (QED) is 0.832. The van der Waals surface area contributed by atoms with E-state index in [1.807, 2.05) is 13.0 Å². The maximum atomic E-state index is 12.0. The Hall–Kier alpha value is -2.24. The highest BCUT2D eigenvalue weighted by Crippen LogP contribution is 2.39. The molecule has 1 aromatic rings. The molecule has 0 heterocycles. The average Bonchev–Trinajstić information content (AvgIpc) is 3.27. The minimum absolute atomic E-state index is 0.218. The molecule has 2 rings (SSSR count). The number of methoxy groups -OCH3 is 2. The average molecular weight is 293 g/mol. The zero-order valence-electron chi connectivity index (χ0n) is 12.3. The number of carboxylic acids is 1. The zero-order chi connectivity index (χ0) is 15.6. The number of nitrogens with one attached hydrogen (secondary N) is 1. The van der Waals surface area contributed by atoms with Gasteiger partial charge in [0.15, 0.2) is 11.5 Å². The fourth-order valence-electron chi connectivity index (χ4n) is 2.28. The third kappa shape index (κ3) is 3.26. The highest BCUT2D eigenvalue weighted by molar-refractivity contribution is 5.89. The van der Waals surface area contributed by atoms with E-state index in [-0.39, 0.29) is 11.9 Å². The maximum Gasteiger partial charge on any atom is 0.307 e. The molecule has 1 aromatic carbocycles. The van der Waals surface area contributed by atoms with Crippen LogP contribution in [0.3, 0.4) is 0 Å². The Morgan fingerprint density at radius 2 is 1.90 bits per heavy atom. The summed E-state index contributed by atoms with van der Waals surface area (Å²) >= 11 is 0. The summed E-state index contributed by atoms with van der Waals surface area (Å²) in [5, 5.41) is 11.7. The molecule has 114 valence electrons. The second-order valence-electron chi connectivity index (χ2n) is 5.13. The number of benzene rings is 1. The van der Waals surface area contributed by atoms with Gasteiger partial charge in [0.05, 0.1) is 32.1 Å². The lowest BCUT2D eigenvalue weighted by Gasteiger charge is -2.16. The lowest BCUT2D eigenvalue weighted by molar-refractivity contribution is -0.140. The van der Waals surface area contributed by atoms with E-state index in [0.29, 0.717) is 17.9 Å². The van der Waals surface area contributed by atoms with Crippen molar-refractivity contribution in [1.82, 2.24) is 5.32 Å². The second-order valence-corrected chi connectivity index (χ2v) is 5.13. The Kier molecular flexibility index (Phi) is 4.35. The van der Waals surface area contributed by atoms with Crippen LogP contribution in [0.15, 0.2) is 18.2 Å². The van der Waals surface area contributed by atoms with Crippen LogP contribution < -0.4 is 14.8 Å². The van der Waals surface area contributed by atoms with Gasteiger partial charge in [0, 0.05) is 0 Å². The molecule has 1 aliphatic rings. The van der Waals surface area contributed by atoms with Gasteiger partial charge in [0.25, 0.3) is 0 Å². The summed E-state index contributed by atoms with van der Waals surface area (Å²) in [4.78, 5) is 22.7. The van der Waals surface area contributed by atoms with Crippen molar-refractivity contribution in [3.05, 3.63) is 23.8 Å². The highest BCUT2D eigenvalue weighted by Gasteiger charge is 2.48. The van der Waals surface area contributed by atoms with Gasteiger partial charge in [-0.3, -0.25) is 9.59 Å². The van der Waals surface area contributed by atoms with Gasteiger partial charge >= 0.3 is 5.97 Å². The lowest BCUT2D eigenvalue weighted by atomic mass is 10.1. The SMILES string of the molecule is COc1ccc([C@H](C)NC(=O)[C@H]2C[C@H]2C(=O)O)cc1OC. The monoisotopic (exact) mass is 293 g/mol. The molecule has 1 amide bonds. The van der Waals surface area contributed by atoms with Crippen LogP contribution in [0.2, 0.25) is 0 Å². The van der Waals surface area contributed by atoms with Gasteiger partial charge in [-0.1, -0.05) is 6.07 Å². The van der Waals surface area contributed by atoms with Crippen LogP contribution in [0.4, 0.5) is 0 Å². The molecule has 0 spiro atoms. The number of rotatable bonds is 6. The standard InChI is InChI=1S/C15H19NO5/c1-8(16-14(17)10-7-11(10)15(18)19)9-4-5-12(20-2)13(6-9)21-3/h4-6,8,10-11H,7H2,1-3H3,(H,16,17)(H,18,19)/t8-,10-,11+/m0/s1. The van der Waals surface area contributed by atoms with Gasteiger partial charge < -0.3 is 19.9 Å². The van der Waals surface area contributed by atoms with Gasteiger partial charge in [-0.15, -0.1) is 0 Å². The Balaban J connectivity index is 2.02. The molecule has 0 bridgehead atoms. The second kappa shape index (κ2) is 6.03. The zero-order valence-corrected chi connectivity index (χ0v) is 12.3. The van der Waals surface area contributed by atoms with E-state index in [2.05, 4.69) is 5.32 Å². The first kappa shape index (κ1) is 15.2. The van der Waals surface area contributed by atoms with Crippen LogP contribution in [0.5, 0.6) is 11.5 Å². The van der Waals surface area contributed by atoms with Gasteiger partial charge in [-0.05, 0) is 31.0 Å². The molecule has 0 aliphatic heterocycles. The van der Waals surface area contributed by atoms with Gasteiger partial charge in [-0.2, -0.15) is 0 Å². The van der Waals surface area contributed by atoms with Crippen molar-refractivity contribution in [2.45, 2.75) is 19.4 Å². The minimum atomic E-state index is -0.908. The van der Waals surface area contributed by atoms with E-state index in [4.69, 9.17) is 14.6 Å². The molecule has 0 saturated heterocycles. The molecule has 1 saturated carbocycles. The summed E-state index contributed by atoms with van der Waals surface area (Å²) < 4.78 is 10.4. The largest absolute Gasteiger partial charge is 0.493 e. The van der Waals surface area contributed by atoms with Crippen molar-refractivity contribution >= 4 is 11.9 Å². The summed E-state index contributed by atoms with van der Waals surface area (Å²) in [5.41, 5.74) is 0.869. The van der Waals surface area contributed by atoms with Crippen LogP contribution in [0.25, 0.3) is 0 Å². The summed E-state index contributed by atoms with van der Waals surface area (Å²) in [7, 11) is 3.11. The van der Waals surface area contributed by atoms with E-state index in [1.54, 1.807) is 26.4 Å². The molecular weight excluding hydrogens is 274 g/mol. The number of carbonyl (C=O) groups excluding carboxylic acids is 1. The minimum Gasteiger partial charge on any atom is -0.493 e. The Labute approximate surface area is 123 Å². The number of aliphatic carboxylic acids is 1. The molecule has 0 unspecified atom stereocenters. The molecule has 21 heavy (non-hydrogen) atoms. The van der Waals surface area contributed by atoms with Crippen molar-refractivity contribution in [2.24, 2.45) is 11.8 Å². The molecule has 0 aromatic heterocycles. The topological polar surface area (TPSA) is 84.9 Å². The van der Waals surface area contributed by atoms with Crippen LogP contribution in [0.1, 0.15) is 24.9 Å². The molecule has 2 N–H and O–H groups in total. The summed E-state index contributed by atoms with van der Waals surface area (Å²) in [6.45, 7) is 1.84. The van der Waals surface area contributed by atoms with E-state index in [9.17, 15) is 9.59 Å². The van der Waals surface area contributed by atoms with Crippen LogP contribution >= 0.6 is 0 Å². The van der Waals surface area contributed by atoms with Crippen molar-refractivity contribution in [3.63, 3.8) is 0 Å². The number of hydrogen-bond donors (Lipinski definition) is 2. The molecule has 1 fully saturated rings. The normalized spacial score (nSPS) is 21.3. The van der Waals surface area contributed by atoms with E-state index >= 15 is 0 Å². The van der Waals surface area contributed by atoms with Crippen LogP contribution in [0, 0.1) is 11.8 Å². The summed E-state index contributed by atoms with van der Waals surface area (Å²) in [5.74, 6) is -0.870. The Morgan fingerprint density at radius 1 is 1.24 bits per heavy atom. The fraction of sp³-hybridized carbons (Fsp3) is 0.467. The van der Waals surface area contributed by atoms with Crippen molar-refractivity contribution < 1.29 is 24.2 Å². The van der Waals surface area contributed by atoms with Crippen LogP contribution in [-0.4, -0.2) is 31.2 Å².